The quantitative estimate of drug-likeness (QED) is 0.669. The lowest BCUT2D eigenvalue weighted by Gasteiger charge is -2.20. The van der Waals surface area contributed by atoms with Crippen LogP contribution in [-0.2, 0) is 4.79 Å². The number of aliphatic hydroxyl groups is 1. The van der Waals surface area contributed by atoms with Crippen LogP contribution in [0.25, 0.3) is 0 Å². The van der Waals surface area contributed by atoms with Crippen molar-refractivity contribution in [1.82, 2.24) is 15.2 Å². The van der Waals surface area contributed by atoms with Crippen LogP contribution >= 0.6 is 0 Å². The molecule has 2 amide bonds. The SMILES string of the molecule is O=C1CCN(C(=O)c2ccncc2C#CCO)CCN1. The van der Waals surface area contributed by atoms with Gasteiger partial charge in [0.1, 0.15) is 6.61 Å². The average Bonchev–Trinajstić information content (AvgIpc) is 2.69. The van der Waals surface area contributed by atoms with Gasteiger partial charge in [0.15, 0.2) is 0 Å². The minimum absolute atomic E-state index is 0.0460. The summed E-state index contributed by atoms with van der Waals surface area (Å²) in [6, 6.07) is 1.60. The second-order valence-electron chi connectivity index (χ2n) is 4.27. The number of aliphatic hydroxyl groups excluding tert-OH is 1. The van der Waals surface area contributed by atoms with Gasteiger partial charge in [-0.15, -0.1) is 0 Å². The summed E-state index contributed by atoms with van der Waals surface area (Å²) in [5, 5.41) is 11.5. The van der Waals surface area contributed by atoms with E-state index in [0.717, 1.165) is 0 Å². The molecule has 1 aromatic heterocycles. The van der Waals surface area contributed by atoms with E-state index in [4.69, 9.17) is 5.11 Å². The summed E-state index contributed by atoms with van der Waals surface area (Å²) in [6.07, 6.45) is 3.32. The zero-order chi connectivity index (χ0) is 14.4. The van der Waals surface area contributed by atoms with Crippen molar-refractivity contribution in [2.24, 2.45) is 0 Å². The Kier molecular flexibility index (Phi) is 4.69. The van der Waals surface area contributed by atoms with Crippen LogP contribution in [0.5, 0.6) is 0 Å². The van der Waals surface area contributed by atoms with Crippen molar-refractivity contribution in [3.63, 3.8) is 0 Å². The smallest absolute Gasteiger partial charge is 0.255 e. The van der Waals surface area contributed by atoms with Gasteiger partial charge in [0.2, 0.25) is 5.91 Å². The Morgan fingerprint density at radius 2 is 2.35 bits per heavy atom. The molecule has 6 heteroatoms. The number of amides is 2. The highest BCUT2D eigenvalue weighted by atomic mass is 16.2. The maximum Gasteiger partial charge on any atom is 0.255 e. The first-order valence-corrected chi connectivity index (χ1v) is 6.32. The first-order chi connectivity index (χ1) is 9.72. The molecule has 0 spiro atoms. The number of nitrogens with one attached hydrogen (secondary N) is 1. The van der Waals surface area contributed by atoms with Gasteiger partial charge in [-0.3, -0.25) is 14.6 Å². The highest BCUT2D eigenvalue weighted by molar-refractivity contribution is 5.97. The van der Waals surface area contributed by atoms with Gasteiger partial charge >= 0.3 is 0 Å². The van der Waals surface area contributed by atoms with E-state index in [0.29, 0.717) is 37.2 Å². The molecule has 104 valence electrons. The highest BCUT2D eigenvalue weighted by Crippen LogP contribution is 2.11. The van der Waals surface area contributed by atoms with Crippen LogP contribution in [0, 0.1) is 11.8 Å². The molecular weight excluding hydrogens is 258 g/mol. The molecular formula is C14H15N3O3. The zero-order valence-corrected chi connectivity index (χ0v) is 10.9. The molecule has 1 aliphatic rings. The van der Waals surface area contributed by atoms with Crippen molar-refractivity contribution >= 4 is 11.8 Å². The molecule has 0 radical (unpaired) electrons. The Bertz CT molecular complexity index is 575. The molecule has 0 aromatic carbocycles. The van der Waals surface area contributed by atoms with E-state index in [2.05, 4.69) is 22.1 Å². The number of hydrogen-bond acceptors (Lipinski definition) is 4. The van der Waals surface area contributed by atoms with Crippen LogP contribution in [0.1, 0.15) is 22.3 Å². The summed E-state index contributed by atoms with van der Waals surface area (Å²) in [6.45, 7) is 1.04. The number of nitrogens with zero attached hydrogens (tertiary/aromatic N) is 2. The summed E-state index contributed by atoms with van der Waals surface area (Å²) in [5.41, 5.74) is 0.922. The number of carbonyl (C=O) groups excluding carboxylic acids is 2. The maximum atomic E-state index is 12.5. The van der Waals surface area contributed by atoms with Crippen molar-refractivity contribution in [1.29, 1.82) is 0 Å². The lowest BCUT2D eigenvalue weighted by molar-refractivity contribution is -0.120. The third-order valence-electron chi connectivity index (χ3n) is 2.95. The fourth-order valence-electron chi connectivity index (χ4n) is 1.96. The number of carbonyl (C=O) groups is 2. The Balaban J connectivity index is 2.22. The van der Waals surface area contributed by atoms with Gasteiger partial charge in [-0.05, 0) is 6.07 Å². The molecule has 1 aromatic rings. The summed E-state index contributed by atoms with van der Waals surface area (Å²) in [5.74, 6) is 5.00. The number of hydrogen-bond donors (Lipinski definition) is 2. The van der Waals surface area contributed by atoms with Crippen LogP contribution in [0.4, 0.5) is 0 Å². The van der Waals surface area contributed by atoms with Gasteiger partial charge in [0.25, 0.3) is 5.91 Å². The normalized spacial score (nSPS) is 14.8. The average molecular weight is 273 g/mol. The number of pyridine rings is 1. The van der Waals surface area contributed by atoms with E-state index in [-0.39, 0.29) is 18.4 Å². The highest BCUT2D eigenvalue weighted by Gasteiger charge is 2.21. The molecule has 1 fully saturated rings. The van der Waals surface area contributed by atoms with Crippen LogP contribution in [0.15, 0.2) is 18.5 Å². The van der Waals surface area contributed by atoms with Gasteiger partial charge in [-0.1, -0.05) is 11.8 Å². The molecule has 20 heavy (non-hydrogen) atoms. The summed E-state index contributed by atoms with van der Waals surface area (Å²) in [7, 11) is 0. The van der Waals surface area contributed by atoms with E-state index in [1.807, 2.05) is 0 Å². The summed E-state index contributed by atoms with van der Waals surface area (Å²) < 4.78 is 0. The minimum atomic E-state index is -0.273. The molecule has 2 N–H and O–H groups in total. The van der Waals surface area contributed by atoms with Crippen LogP contribution in [0.2, 0.25) is 0 Å². The van der Waals surface area contributed by atoms with Crippen molar-refractivity contribution < 1.29 is 14.7 Å². The Morgan fingerprint density at radius 3 is 3.15 bits per heavy atom. The van der Waals surface area contributed by atoms with E-state index in [1.165, 1.54) is 12.4 Å². The molecule has 0 atom stereocenters. The second-order valence-corrected chi connectivity index (χ2v) is 4.27. The lowest BCUT2D eigenvalue weighted by Crippen LogP contribution is -2.34. The number of aromatic nitrogens is 1. The van der Waals surface area contributed by atoms with Crippen molar-refractivity contribution in [2.45, 2.75) is 6.42 Å². The fraction of sp³-hybridized carbons (Fsp3) is 0.357. The molecule has 2 rings (SSSR count). The summed E-state index contributed by atoms with van der Waals surface area (Å²) >= 11 is 0. The van der Waals surface area contributed by atoms with Crippen molar-refractivity contribution in [2.75, 3.05) is 26.2 Å². The van der Waals surface area contributed by atoms with E-state index >= 15 is 0 Å². The van der Waals surface area contributed by atoms with Crippen LogP contribution < -0.4 is 5.32 Å². The van der Waals surface area contributed by atoms with E-state index < -0.39 is 0 Å². The minimum Gasteiger partial charge on any atom is -0.384 e. The van der Waals surface area contributed by atoms with Crippen LogP contribution in [0.3, 0.4) is 0 Å². The van der Waals surface area contributed by atoms with Gasteiger partial charge in [0.05, 0.1) is 11.1 Å². The molecule has 2 heterocycles. The third-order valence-corrected chi connectivity index (χ3v) is 2.95. The summed E-state index contributed by atoms with van der Waals surface area (Å²) in [4.78, 5) is 29.3. The lowest BCUT2D eigenvalue weighted by atomic mass is 10.1. The largest absolute Gasteiger partial charge is 0.384 e. The standard InChI is InChI=1S/C14H15N3O3/c18-9-1-2-11-10-15-5-3-12(11)14(20)17-7-4-13(19)16-6-8-17/h3,5,10,18H,4,6-9H2,(H,16,19). The first-order valence-electron chi connectivity index (χ1n) is 6.32. The fourth-order valence-corrected chi connectivity index (χ4v) is 1.96. The molecule has 0 aliphatic carbocycles. The molecule has 0 saturated carbocycles. The Morgan fingerprint density at radius 1 is 1.50 bits per heavy atom. The van der Waals surface area contributed by atoms with Crippen molar-refractivity contribution in [3.05, 3.63) is 29.6 Å². The predicted octanol–water partition coefficient (Wildman–Crippen LogP) is -0.613. The zero-order valence-electron chi connectivity index (χ0n) is 10.9. The monoisotopic (exact) mass is 273 g/mol. The van der Waals surface area contributed by atoms with E-state index in [9.17, 15) is 9.59 Å². The Labute approximate surface area is 116 Å². The third kappa shape index (κ3) is 3.33. The topological polar surface area (TPSA) is 82.5 Å². The van der Waals surface area contributed by atoms with Crippen LogP contribution in [-0.4, -0.2) is 53.0 Å². The van der Waals surface area contributed by atoms with Crippen molar-refractivity contribution in [3.8, 4) is 11.8 Å². The van der Waals surface area contributed by atoms with Gasteiger partial charge in [-0.2, -0.15) is 0 Å². The van der Waals surface area contributed by atoms with Gasteiger partial charge in [-0.25, -0.2) is 0 Å². The molecule has 1 saturated heterocycles. The molecule has 1 aliphatic heterocycles. The number of rotatable bonds is 1. The first kappa shape index (κ1) is 14.0. The molecule has 6 nitrogen and oxygen atoms in total. The van der Waals surface area contributed by atoms with E-state index in [1.54, 1.807) is 11.0 Å². The molecule has 0 bridgehead atoms. The maximum absolute atomic E-state index is 12.5. The predicted molar refractivity (Wildman–Crippen MR) is 71.7 cm³/mol. The molecule has 0 unspecified atom stereocenters. The second kappa shape index (κ2) is 6.68. The van der Waals surface area contributed by atoms with Gasteiger partial charge < -0.3 is 15.3 Å². The van der Waals surface area contributed by atoms with Gasteiger partial charge in [0, 0.05) is 38.4 Å². The Hall–Kier alpha value is -2.39.